The van der Waals surface area contributed by atoms with Gasteiger partial charge in [0.05, 0.1) is 18.8 Å². The van der Waals surface area contributed by atoms with Gasteiger partial charge < -0.3 is 19.7 Å². The number of hydrogen-bond donors (Lipinski definition) is 1. The first-order valence-electron chi connectivity index (χ1n) is 9.55. The number of nitrogens with zero attached hydrogens (tertiary/aromatic N) is 2. The fraction of sp³-hybridized carbons (Fsp3) is 0.429. The Morgan fingerprint density at radius 3 is 2.48 bits per heavy atom. The number of carbonyl (C=O) groups excluding carboxylic acids is 1. The maximum atomic E-state index is 12.7. The van der Waals surface area contributed by atoms with Crippen LogP contribution in [0.1, 0.15) is 28.8 Å². The van der Waals surface area contributed by atoms with Crippen LogP contribution in [0.2, 0.25) is 0 Å². The van der Waals surface area contributed by atoms with E-state index in [4.69, 9.17) is 9.47 Å². The Morgan fingerprint density at radius 1 is 1.07 bits per heavy atom. The van der Waals surface area contributed by atoms with E-state index in [1.54, 1.807) is 6.20 Å². The smallest absolute Gasteiger partial charge is 0.255 e. The summed E-state index contributed by atoms with van der Waals surface area (Å²) in [7, 11) is 0. The molecule has 0 saturated carbocycles. The van der Waals surface area contributed by atoms with Crippen molar-refractivity contribution >= 4 is 11.7 Å². The average Bonchev–Trinajstić information content (AvgIpc) is 3.17. The number of likely N-dealkylation sites (tertiary alicyclic amines) is 1. The molecule has 27 heavy (non-hydrogen) atoms. The van der Waals surface area contributed by atoms with Gasteiger partial charge in [0.25, 0.3) is 5.91 Å². The highest BCUT2D eigenvalue weighted by molar-refractivity contribution is 5.94. The standard InChI is InChI=1S/C21H25N3O3/c25-20(24-12-9-21(10-13-24)26-14-15-27-21)18-6-7-19(23-16-18)22-11-8-17-4-2-1-3-5-17/h1-7,16H,8-15H2,(H,22,23). The number of ether oxygens (including phenoxy) is 2. The maximum Gasteiger partial charge on any atom is 0.255 e. The number of rotatable bonds is 5. The van der Waals surface area contributed by atoms with Gasteiger partial charge in [-0.05, 0) is 24.1 Å². The molecule has 2 aliphatic heterocycles. The van der Waals surface area contributed by atoms with Crippen molar-refractivity contribution in [2.75, 3.05) is 38.2 Å². The van der Waals surface area contributed by atoms with Crippen LogP contribution < -0.4 is 5.32 Å². The highest BCUT2D eigenvalue weighted by Crippen LogP contribution is 2.31. The Balaban J connectivity index is 1.27. The van der Waals surface area contributed by atoms with Crippen LogP contribution in [0.25, 0.3) is 0 Å². The summed E-state index contributed by atoms with van der Waals surface area (Å²) in [6.07, 6.45) is 4.04. The molecule has 1 N–H and O–H groups in total. The van der Waals surface area contributed by atoms with Gasteiger partial charge in [-0.15, -0.1) is 0 Å². The summed E-state index contributed by atoms with van der Waals surface area (Å²) >= 11 is 0. The van der Waals surface area contributed by atoms with Crippen molar-refractivity contribution in [3.63, 3.8) is 0 Å². The normalized spacial score (nSPS) is 18.6. The Bertz CT molecular complexity index is 748. The molecule has 1 aromatic heterocycles. The van der Waals surface area contributed by atoms with Crippen molar-refractivity contribution < 1.29 is 14.3 Å². The van der Waals surface area contributed by atoms with E-state index < -0.39 is 5.79 Å². The lowest BCUT2D eigenvalue weighted by molar-refractivity contribution is -0.181. The number of anilines is 1. The lowest BCUT2D eigenvalue weighted by atomic mass is 10.0. The van der Waals surface area contributed by atoms with Gasteiger partial charge in [-0.1, -0.05) is 30.3 Å². The molecule has 1 aromatic carbocycles. The quantitative estimate of drug-likeness (QED) is 0.880. The van der Waals surface area contributed by atoms with Crippen LogP contribution in [-0.4, -0.2) is 54.4 Å². The van der Waals surface area contributed by atoms with Gasteiger partial charge in [-0.3, -0.25) is 4.79 Å². The van der Waals surface area contributed by atoms with Crippen molar-refractivity contribution in [1.82, 2.24) is 9.88 Å². The van der Waals surface area contributed by atoms with Crippen molar-refractivity contribution in [2.45, 2.75) is 25.0 Å². The molecule has 1 amide bonds. The van der Waals surface area contributed by atoms with Gasteiger partial charge >= 0.3 is 0 Å². The first-order valence-corrected chi connectivity index (χ1v) is 9.55. The van der Waals surface area contributed by atoms with E-state index in [0.29, 0.717) is 31.9 Å². The van der Waals surface area contributed by atoms with E-state index in [1.165, 1.54) is 5.56 Å². The lowest BCUT2D eigenvalue weighted by Gasteiger charge is -2.37. The van der Waals surface area contributed by atoms with Crippen LogP contribution in [0, 0.1) is 0 Å². The average molecular weight is 367 g/mol. The van der Waals surface area contributed by atoms with Gasteiger partial charge in [-0.2, -0.15) is 0 Å². The Morgan fingerprint density at radius 2 is 1.81 bits per heavy atom. The number of benzene rings is 1. The number of amides is 1. The summed E-state index contributed by atoms with van der Waals surface area (Å²) in [5, 5.41) is 3.30. The van der Waals surface area contributed by atoms with Crippen molar-refractivity contribution in [3.8, 4) is 0 Å². The predicted octanol–water partition coefficient (Wildman–Crippen LogP) is 2.72. The first kappa shape index (κ1) is 17.9. The molecule has 0 bridgehead atoms. The third kappa shape index (κ3) is 4.28. The molecule has 2 saturated heterocycles. The van der Waals surface area contributed by atoms with E-state index in [2.05, 4.69) is 22.4 Å². The first-order chi connectivity index (χ1) is 13.2. The number of aromatic nitrogens is 1. The second-order valence-electron chi connectivity index (χ2n) is 6.99. The zero-order chi connectivity index (χ0) is 18.5. The van der Waals surface area contributed by atoms with E-state index in [-0.39, 0.29) is 5.91 Å². The van der Waals surface area contributed by atoms with Crippen LogP contribution in [0.5, 0.6) is 0 Å². The summed E-state index contributed by atoms with van der Waals surface area (Å²) in [6.45, 7) is 3.40. The number of pyridine rings is 1. The monoisotopic (exact) mass is 367 g/mol. The zero-order valence-corrected chi connectivity index (χ0v) is 15.4. The van der Waals surface area contributed by atoms with Gasteiger partial charge in [0.2, 0.25) is 0 Å². The van der Waals surface area contributed by atoms with Crippen molar-refractivity contribution in [2.24, 2.45) is 0 Å². The molecule has 2 aromatic rings. The van der Waals surface area contributed by atoms with Crippen LogP contribution in [0.15, 0.2) is 48.7 Å². The zero-order valence-electron chi connectivity index (χ0n) is 15.4. The predicted molar refractivity (Wildman–Crippen MR) is 103 cm³/mol. The minimum atomic E-state index is -0.457. The fourth-order valence-electron chi connectivity index (χ4n) is 3.62. The largest absolute Gasteiger partial charge is 0.370 e. The summed E-state index contributed by atoms with van der Waals surface area (Å²) in [4.78, 5) is 18.9. The number of nitrogens with one attached hydrogen (secondary N) is 1. The molecule has 0 aliphatic carbocycles. The van der Waals surface area contributed by atoms with Crippen LogP contribution >= 0.6 is 0 Å². The van der Waals surface area contributed by atoms with E-state index in [9.17, 15) is 4.79 Å². The summed E-state index contributed by atoms with van der Waals surface area (Å²) in [5.41, 5.74) is 1.91. The fourth-order valence-corrected chi connectivity index (χ4v) is 3.62. The minimum Gasteiger partial charge on any atom is -0.370 e. The van der Waals surface area contributed by atoms with Crippen LogP contribution in [0.4, 0.5) is 5.82 Å². The Kier molecular flexibility index (Phi) is 5.36. The molecule has 6 nitrogen and oxygen atoms in total. The second kappa shape index (κ2) is 8.06. The molecule has 0 radical (unpaired) electrons. The minimum absolute atomic E-state index is 0.0196. The molecule has 3 heterocycles. The topological polar surface area (TPSA) is 63.7 Å². The Labute approximate surface area is 159 Å². The Hall–Kier alpha value is -2.44. The lowest BCUT2D eigenvalue weighted by Crippen LogP contribution is -2.47. The SMILES string of the molecule is O=C(c1ccc(NCCc2ccccc2)nc1)N1CCC2(CC1)OCCO2. The summed E-state index contributed by atoms with van der Waals surface area (Å²) in [6, 6.07) is 14.0. The van der Waals surface area contributed by atoms with Crippen LogP contribution in [0.3, 0.4) is 0 Å². The molecule has 2 fully saturated rings. The highest BCUT2D eigenvalue weighted by Gasteiger charge is 2.40. The summed E-state index contributed by atoms with van der Waals surface area (Å²) < 4.78 is 11.4. The molecule has 0 atom stereocenters. The molecular weight excluding hydrogens is 342 g/mol. The van der Waals surface area contributed by atoms with Gasteiger partial charge in [0.1, 0.15) is 5.82 Å². The number of hydrogen-bond acceptors (Lipinski definition) is 5. The molecule has 1 spiro atoms. The van der Waals surface area contributed by atoms with E-state index in [0.717, 1.165) is 31.6 Å². The van der Waals surface area contributed by atoms with Gasteiger partial charge in [0, 0.05) is 38.7 Å². The van der Waals surface area contributed by atoms with Gasteiger partial charge in [-0.25, -0.2) is 4.98 Å². The van der Waals surface area contributed by atoms with Crippen molar-refractivity contribution in [3.05, 3.63) is 59.8 Å². The third-order valence-electron chi connectivity index (χ3n) is 5.20. The molecule has 6 heteroatoms. The molecule has 142 valence electrons. The van der Waals surface area contributed by atoms with E-state index in [1.807, 2.05) is 35.2 Å². The number of carbonyl (C=O) groups is 1. The number of piperidine rings is 1. The highest BCUT2D eigenvalue weighted by atomic mass is 16.7. The van der Waals surface area contributed by atoms with Crippen LogP contribution in [-0.2, 0) is 15.9 Å². The third-order valence-corrected chi connectivity index (χ3v) is 5.20. The molecule has 0 unspecified atom stereocenters. The summed E-state index contributed by atoms with van der Waals surface area (Å²) in [5.74, 6) is 0.348. The molecule has 2 aliphatic rings. The van der Waals surface area contributed by atoms with Gasteiger partial charge in [0.15, 0.2) is 5.79 Å². The maximum absolute atomic E-state index is 12.7. The van der Waals surface area contributed by atoms with E-state index >= 15 is 0 Å². The van der Waals surface area contributed by atoms with Crippen molar-refractivity contribution in [1.29, 1.82) is 0 Å². The molecular formula is C21H25N3O3. The second-order valence-corrected chi connectivity index (χ2v) is 6.99. The molecule has 4 rings (SSSR count).